The van der Waals surface area contributed by atoms with Gasteiger partial charge in [0.1, 0.15) is 23.9 Å². The van der Waals surface area contributed by atoms with Crippen LogP contribution in [0.3, 0.4) is 0 Å². The maximum atomic E-state index is 9.56. The summed E-state index contributed by atoms with van der Waals surface area (Å²) in [7, 11) is 0. The Hall–Kier alpha value is -2.68. The van der Waals surface area contributed by atoms with Gasteiger partial charge in [-0.05, 0) is 29.8 Å². The molecular formula is C17H12O3. The molecule has 2 aliphatic rings. The molecule has 2 heterocycles. The van der Waals surface area contributed by atoms with Crippen LogP contribution in [0.1, 0.15) is 11.1 Å². The van der Waals surface area contributed by atoms with E-state index in [1.165, 1.54) is 0 Å². The van der Waals surface area contributed by atoms with Crippen LogP contribution in [0.5, 0.6) is 17.2 Å². The van der Waals surface area contributed by atoms with Crippen molar-refractivity contribution in [3.63, 3.8) is 0 Å². The second-order valence-electron chi connectivity index (χ2n) is 4.78. The lowest BCUT2D eigenvalue weighted by Crippen LogP contribution is -2.09. The molecule has 2 aliphatic heterocycles. The van der Waals surface area contributed by atoms with Gasteiger partial charge in [-0.25, -0.2) is 0 Å². The van der Waals surface area contributed by atoms with Crippen LogP contribution in [-0.4, -0.2) is 11.7 Å². The molecule has 3 nitrogen and oxygen atoms in total. The molecule has 0 saturated carbocycles. The fourth-order valence-corrected chi connectivity index (χ4v) is 2.65. The summed E-state index contributed by atoms with van der Waals surface area (Å²) in [6.45, 7) is 0.469. The normalized spacial score (nSPS) is 15.4. The van der Waals surface area contributed by atoms with E-state index in [2.05, 4.69) is 0 Å². The van der Waals surface area contributed by atoms with Crippen molar-refractivity contribution in [2.24, 2.45) is 0 Å². The van der Waals surface area contributed by atoms with Gasteiger partial charge in [-0.2, -0.15) is 0 Å². The molecule has 0 radical (unpaired) electrons. The number of hydrogen-bond acceptors (Lipinski definition) is 3. The van der Waals surface area contributed by atoms with Crippen molar-refractivity contribution in [3.05, 3.63) is 65.9 Å². The topological polar surface area (TPSA) is 38.7 Å². The van der Waals surface area contributed by atoms with Crippen LogP contribution < -0.4 is 9.47 Å². The average molecular weight is 264 g/mol. The number of para-hydroxylation sites is 1. The maximum Gasteiger partial charge on any atom is 0.134 e. The van der Waals surface area contributed by atoms with Crippen molar-refractivity contribution in [3.8, 4) is 17.2 Å². The van der Waals surface area contributed by atoms with E-state index in [-0.39, 0.29) is 5.75 Å². The Bertz CT molecular complexity index is 757. The molecule has 0 saturated heterocycles. The first-order chi connectivity index (χ1) is 9.83. The zero-order chi connectivity index (χ0) is 13.5. The maximum absolute atomic E-state index is 9.56. The van der Waals surface area contributed by atoms with E-state index in [1.807, 2.05) is 36.4 Å². The molecule has 0 atom stereocenters. The summed E-state index contributed by atoms with van der Waals surface area (Å²) in [6, 6.07) is 13.1. The fourth-order valence-electron chi connectivity index (χ4n) is 2.65. The van der Waals surface area contributed by atoms with Gasteiger partial charge < -0.3 is 14.6 Å². The Labute approximate surface area is 116 Å². The van der Waals surface area contributed by atoms with E-state index in [0.29, 0.717) is 12.4 Å². The summed E-state index contributed by atoms with van der Waals surface area (Å²) >= 11 is 0. The third-order valence-electron chi connectivity index (χ3n) is 3.59. The highest BCUT2D eigenvalue weighted by Gasteiger charge is 2.23. The summed E-state index contributed by atoms with van der Waals surface area (Å²) in [5, 5.41) is 9.56. The number of aromatic hydroxyl groups is 1. The van der Waals surface area contributed by atoms with Gasteiger partial charge in [-0.3, -0.25) is 0 Å². The minimum absolute atomic E-state index is 0.210. The SMILES string of the molecule is Oc1ccc2c(c1)OCC1=C2C=COc2ccccc21. The Kier molecular flexibility index (Phi) is 2.33. The minimum Gasteiger partial charge on any atom is -0.508 e. The fraction of sp³-hybridized carbons (Fsp3) is 0.0588. The van der Waals surface area contributed by atoms with Crippen molar-refractivity contribution >= 4 is 11.1 Å². The van der Waals surface area contributed by atoms with Crippen molar-refractivity contribution in [1.29, 1.82) is 0 Å². The monoisotopic (exact) mass is 264 g/mol. The van der Waals surface area contributed by atoms with Gasteiger partial charge in [0.25, 0.3) is 0 Å². The lowest BCUT2D eigenvalue weighted by Gasteiger charge is -2.22. The average Bonchev–Trinajstić information content (AvgIpc) is 2.66. The molecular weight excluding hydrogens is 252 g/mol. The van der Waals surface area contributed by atoms with E-state index in [0.717, 1.165) is 28.0 Å². The van der Waals surface area contributed by atoms with E-state index in [4.69, 9.17) is 9.47 Å². The first kappa shape index (κ1) is 11.2. The highest BCUT2D eigenvalue weighted by Crippen LogP contribution is 2.42. The van der Waals surface area contributed by atoms with Gasteiger partial charge in [0.2, 0.25) is 0 Å². The molecule has 98 valence electrons. The molecule has 0 bridgehead atoms. The summed E-state index contributed by atoms with van der Waals surface area (Å²) in [5.41, 5.74) is 4.20. The Balaban J connectivity index is 1.98. The first-order valence-electron chi connectivity index (χ1n) is 6.45. The van der Waals surface area contributed by atoms with Crippen LogP contribution in [0.4, 0.5) is 0 Å². The molecule has 4 rings (SSSR count). The van der Waals surface area contributed by atoms with Crippen molar-refractivity contribution in [2.45, 2.75) is 0 Å². The van der Waals surface area contributed by atoms with Crippen LogP contribution in [0.25, 0.3) is 11.1 Å². The van der Waals surface area contributed by atoms with Crippen LogP contribution in [0.2, 0.25) is 0 Å². The van der Waals surface area contributed by atoms with E-state index in [9.17, 15) is 5.11 Å². The van der Waals surface area contributed by atoms with Crippen LogP contribution in [-0.2, 0) is 0 Å². The molecule has 20 heavy (non-hydrogen) atoms. The van der Waals surface area contributed by atoms with Crippen molar-refractivity contribution < 1.29 is 14.6 Å². The smallest absolute Gasteiger partial charge is 0.134 e. The third-order valence-corrected chi connectivity index (χ3v) is 3.59. The number of rotatable bonds is 0. The Morgan fingerprint density at radius 1 is 0.950 bits per heavy atom. The number of benzene rings is 2. The van der Waals surface area contributed by atoms with Crippen LogP contribution >= 0.6 is 0 Å². The highest BCUT2D eigenvalue weighted by atomic mass is 16.5. The highest BCUT2D eigenvalue weighted by molar-refractivity contribution is 6.00. The third kappa shape index (κ3) is 1.60. The van der Waals surface area contributed by atoms with Gasteiger partial charge in [0, 0.05) is 22.8 Å². The Morgan fingerprint density at radius 2 is 1.85 bits per heavy atom. The molecule has 0 fully saturated rings. The summed E-state index contributed by atoms with van der Waals surface area (Å²) in [6.07, 6.45) is 3.65. The molecule has 0 amide bonds. The van der Waals surface area contributed by atoms with Crippen LogP contribution in [0, 0.1) is 0 Å². The zero-order valence-electron chi connectivity index (χ0n) is 10.7. The molecule has 1 N–H and O–H groups in total. The number of phenolic OH excluding ortho intramolecular Hbond substituents is 1. The lowest BCUT2D eigenvalue weighted by atomic mass is 9.92. The summed E-state index contributed by atoms with van der Waals surface area (Å²) in [4.78, 5) is 0. The second kappa shape index (κ2) is 4.17. The lowest BCUT2D eigenvalue weighted by molar-refractivity contribution is 0.361. The quantitative estimate of drug-likeness (QED) is 0.790. The molecule has 0 aliphatic carbocycles. The zero-order valence-corrected chi connectivity index (χ0v) is 10.7. The van der Waals surface area contributed by atoms with Gasteiger partial charge in [-0.1, -0.05) is 18.2 Å². The standard InChI is InChI=1S/C17H12O3/c18-11-5-6-14-12-7-8-19-16-4-2-1-3-13(16)15(12)10-20-17(14)9-11/h1-9,18H,10H2. The van der Waals surface area contributed by atoms with Crippen LogP contribution in [0.15, 0.2) is 54.8 Å². The molecule has 2 aromatic carbocycles. The molecule has 2 aromatic rings. The largest absolute Gasteiger partial charge is 0.508 e. The van der Waals surface area contributed by atoms with Gasteiger partial charge in [-0.15, -0.1) is 0 Å². The van der Waals surface area contributed by atoms with Gasteiger partial charge >= 0.3 is 0 Å². The minimum atomic E-state index is 0.210. The van der Waals surface area contributed by atoms with Crippen molar-refractivity contribution in [2.75, 3.05) is 6.61 Å². The molecule has 0 unspecified atom stereocenters. The molecule has 3 heteroatoms. The predicted molar refractivity (Wildman–Crippen MR) is 76.6 cm³/mol. The van der Waals surface area contributed by atoms with Gasteiger partial charge in [0.05, 0.1) is 6.26 Å². The first-order valence-corrected chi connectivity index (χ1v) is 6.45. The van der Waals surface area contributed by atoms with Gasteiger partial charge in [0.15, 0.2) is 0 Å². The Morgan fingerprint density at radius 3 is 2.80 bits per heavy atom. The van der Waals surface area contributed by atoms with E-state index < -0.39 is 0 Å². The van der Waals surface area contributed by atoms with Crippen molar-refractivity contribution in [1.82, 2.24) is 0 Å². The molecule has 0 aromatic heterocycles. The summed E-state index contributed by atoms with van der Waals surface area (Å²) in [5.74, 6) is 1.74. The second-order valence-corrected chi connectivity index (χ2v) is 4.78. The number of fused-ring (bicyclic) bond motifs is 4. The van der Waals surface area contributed by atoms with E-state index >= 15 is 0 Å². The summed E-state index contributed by atoms with van der Waals surface area (Å²) < 4.78 is 11.4. The molecule has 0 spiro atoms. The van der Waals surface area contributed by atoms with E-state index in [1.54, 1.807) is 18.4 Å². The number of hydrogen-bond donors (Lipinski definition) is 1. The predicted octanol–water partition coefficient (Wildman–Crippen LogP) is 3.60. The number of ether oxygens (including phenoxy) is 2. The number of allylic oxidation sites excluding steroid dienone is 2. The number of phenols is 1.